The van der Waals surface area contributed by atoms with Crippen LogP contribution in [-0.2, 0) is 4.79 Å². The van der Waals surface area contributed by atoms with E-state index < -0.39 is 0 Å². The van der Waals surface area contributed by atoms with E-state index in [1.54, 1.807) is 7.11 Å². The molecule has 3 atom stereocenters. The lowest BCUT2D eigenvalue weighted by Gasteiger charge is -2.36. The number of nitrogens with zero attached hydrogens (tertiary/aromatic N) is 1. The summed E-state index contributed by atoms with van der Waals surface area (Å²) in [6.07, 6.45) is 5.21. The lowest BCUT2D eigenvalue weighted by Crippen LogP contribution is -2.51. The van der Waals surface area contributed by atoms with Gasteiger partial charge >= 0.3 is 0 Å². The third-order valence-corrected chi connectivity index (χ3v) is 4.90. The third-order valence-electron chi connectivity index (χ3n) is 4.90. The molecule has 1 saturated carbocycles. The van der Waals surface area contributed by atoms with Gasteiger partial charge in [-0.3, -0.25) is 4.79 Å². The molecule has 0 aromatic heterocycles. The maximum Gasteiger partial charge on any atom is 0.220 e. The van der Waals surface area contributed by atoms with Crippen LogP contribution in [0.4, 0.5) is 0 Å². The largest absolute Gasteiger partial charge is 0.496 e. The standard InChI is InChI=1S/C19H30N2O2/c1-14(15-9-5-8-12-18(15)23-4)13-19(22)20-16-10-6-7-11-17(16)21(2)3/h5,8-9,12,14,16-17H,6-7,10-11,13H2,1-4H3,(H,20,22)/t14-,16+,17+/m1/s1. The number of rotatable bonds is 6. The van der Waals surface area contributed by atoms with Gasteiger partial charge in [0.1, 0.15) is 5.75 Å². The maximum atomic E-state index is 12.5. The van der Waals surface area contributed by atoms with E-state index in [1.165, 1.54) is 19.3 Å². The molecule has 1 aliphatic carbocycles. The second-order valence-electron chi connectivity index (χ2n) is 6.84. The summed E-state index contributed by atoms with van der Waals surface area (Å²) in [4.78, 5) is 14.7. The zero-order chi connectivity index (χ0) is 16.8. The van der Waals surface area contributed by atoms with Gasteiger partial charge in [0.15, 0.2) is 0 Å². The second kappa shape index (κ2) is 8.34. The maximum absolute atomic E-state index is 12.5. The fourth-order valence-electron chi connectivity index (χ4n) is 3.63. The lowest BCUT2D eigenvalue weighted by atomic mass is 9.89. The molecule has 4 nitrogen and oxygen atoms in total. The Morgan fingerprint density at radius 2 is 2.00 bits per heavy atom. The molecule has 0 aliphatic heterocycles. The number of likely N-dealkylation sites (N-methyl/N-ethyl adjacent to an activating group) is 1. The quantitative estimate of drug-likeness (QED) is 0.876. The van der Waals surface area contributed by atoms with Gasteiger partial charge in [0.05, 0.1) is 7.11 Å². The Balaban J connectivity index is 1.95. The molecule has 0 heterocycles. The summed E-state index contributed by atoms with van der Waals surface area (Å²) in [5, 5.41) is 3.27. The first-order valence-corrected chi connectivity index (χ1v) is 8.61. The molecule has 1 amide bonds. The zero-order valence-electron chi connectivity index (χ0n) is 14.8. The lowest BCUT2D eigenvalue weighted by molar-refractivity contribution is -0.122. The Morgan fingerprint density at radius 1 is 1.30 bits per heavy atom. The molecule has 0 bridgehead atoms. The molecule has 1 aromatic rings. The summed E-state index contributed by atoms with van der Waals surface area (Å²) in [5.74, 6) is 1.14. The van der Waals surface area contributed by atoms with E-state index in [9.17, 15) is 4.79 Å². The van der Waals surface area contributed by atoms with Crippen molar-refractivity contribution in [3.8, 4) is 5.75 Å². The number of amides is 1. The van der Waals surface area contributed by atoms with Crippen LogP contribution in [0.1, 0.15) is 50.5 Å². The number of nitrogens with one attached hydrogen (secondary N) is 1. The summed E-state index contributed by atoms with van der Waals surface area (Å²) < 4.78 is 5.41. The van der Waals surface area contributed by atoms with Crippen LogP contribution in [-0.4, -0.2) is 44.1 Å². The van der Waals surface area contributed by atoms with Crippen molar-refractivity contribution < 1.29 is 9.53 Å². The van der Waals surface area contributed by atoms with Crippen molar-refractivity contribution in [1.29, 1.82) is 0 Å². The van der Waals surface area contributed by atoms with Gasteiger partial charge in [-0.05, 0) is 44.5 Å². The highest BCUT2D eigenvalue weighted by Crippen LogP contribution is 2.28. The van der Waals surface area contributed by atoms with Gasteiger partial charge in [0.25, 0.3) is 0 Å². The van der Waals surface area contributed by atoms with E-state index in [-0.39, 0.29) is 17.9 Å². The highest BCUT2D eigenvalue weighted by atomic mass is 16.5. The minimum absolute atomic E-state index is 0.141. The van der Waals surface area contributed by atoms with E-state index >= 15 is 0 Å². The van der Waals surface area contributed by atoms with E-state index in [0.29, 0.717) is 12.5 Å². The molecule has 1 N–H and O–H groups in total. The molecule has 0 unspecified atom stereocenters. The second-order valence-corrected chi connectivity index (χ2v) is 6.84. The SMILES string of the molecule is COc1ccccc1[C@H](C)CC(=O)N[C@H]1CCCC[C@@H]1N(C)C. The molecular formula is C19H30N2O2. The van der Waals surface area contributed by atoms with Crippen molar-refractivity contribution >= 4 is 5.91 Å². The van der Waals surface area contributed by atoms with Crippen molar-refractivity contribution in [2.45, 2.75) is 57.0 Å². The van der Waals surface area contributed by atoms with Crippen LogP contribution < -0.4 is 10.1 Å². The first-order chi connectivity index (χ1) is 11.0. The van der Waals surface area contributed by atoms with Gasteiger partial charge in [-0.25, -0.2) is 0 Å². The number of methoxy groups -OCH3 is 1. The number of para-hydroxylation sites is 1. The van der Waals surface area contributed by atoms with Gasteiger partial charge < -0.3 is 15.0 Å². The molecule has 128 valence electrons. The molecule has 0 spiro atoms. The Bertz CT molecular complexity index is 516. The molecule has 1 aliphatic rings. The van der Waals surface area contributed by atoms with Crippen LogP contribution in [0.15, 0.2) is 24.3 Å². The average Bonchev–Trinajstić information content (AvgIpc) is 2.54. The molecule has 0 radical (unpaired) electrons. The zero-order valence-corrected chi connectivity index (χ0v) is 14.8. The van der Waals surface area contributed by atoms with Crippen LogP contribution in [0.5, 0.6) is 5.75 Å². The van der Waals surface area contributed by atoms with E-state index in [4.69, 9.17) is 4.74 Å². The number of hydrogen-bond acceptors (Lipinski definition) is 3. The molecule has 23 heavy (non-hydrogen) atoms. The highest BCUT2D eigenvalue weighted by Gasteiger charge is 2.28. The summed E-state index contributed by atoms with van der Waals surface area (Å²) in [7, 11) is 5.88. The molecule has 1 aromatic carbocycles. The fourth-order valence-corrected chi connectivity index (χ4v) is 3.63. The first kappa shape index (κ1) is 17.8. The van der Waals surface area contributed by atoms with Crippen molar-refractivity contribution in [3.05, 3.63) is 29.8 Å². The summed E-state index contributed by atoms with van der Waals surface area (Å²) in [5.41, 5.74) is 1.10. The highest BCUT2D eigenvalue weighted by molar-refractivity contribution is 5.77. The summed E-state index contributed by atoms with van der Waals surface area (Å²) in [6, 6.07) is 8.67. The van der Waals surface area contributed by atoms with E-state index in [0.717, 1.165) is 17.7 Å². The number of benzene rings is 1. The smallest absolute Gasteiger partial charge is 0.220 e. The minimum Gasteiger partial charge on any atom is -0.496 e. The minimum atomic E-state index is 0.141. The number of ether oxygens (including phenoxy) is 1. The van der Waals surface area contributed by atoms with Crippen LogP contribution in [0.3, 0.4) is 0 Å². The van der Waals surface area contributed by atoms with Crippen LogP contribution in [0.2, 0.25) is 0 Å². The molecular weight excluding hydrogens is 288 g/mol. The van der Waals surface area contributed by atoms with Crippen LogP contribution in [0.25, 0.3) is 0 Å². The van der Waals surface area contributed by atoms with E-state index in [2.05, 4.69) is 31.2 Å². The van der Waals surface area contributed by atoms with Gasteiger partial charge in [0.2, 0.25) is 5.91 Å². The van der Waals surface area contributed by atoms with Crippen molar-refractivity contribution in [2.24, 2.45) is 0 Å². The van der Waals surface area contributed by atoms with Gasteiger partial charge in [-0.2, -0.15) is 0 Å². The van der Waals surface area contributed by atoms with Gasteiger partial charge in [0, 0.05) is 18.5 Å². The number of hydrogen-bond donors (Lipinski definition) is 1. The molecule has 2 rings (SSSR count). The predicted molar refractivity (Wildman–Crippen MR) is 93.9 cm³/mol. The van der Waals surface area contributed by atoms with Gasteiger partial charge in [-0.15, -0.1) is 0 Å². The molecule has 1 fully saturated rings. The topological polar surface area (TPSA) is 41.6 Å². The number of carbonyl (C=O) groups excluding carboxylic acids is 1. The average molecular weight is 318 g/mol. The van der Waals surface area contributed by atoms with Crippen molar-refractivity contribution in [1.82, 2.24) is 10.2 Å². The van der Waals surface area contributed by atoms with Crippen molar-refractivity contribution in [2.75, 3.05) is 21.2 Å². The Kier molecular flexibility index (Phi) is 6.46. The number of carbonyl (C=O) groups is 1. The Labute approximate surface area is 140 Å². The van der Waals surface area contributed by atoms with Crippen LogP contribution in [0, 0.1) is 0 Å². The van der Waals surface area contributed by atoms with Crippen molar-refractivity contribution in [3.63, 3.8) is 0 Å². The Hall–Kier alpha value is -1.55. The predicted octanol–water partition coefficient (Wildman–Crippen LogP) is 3.18. The van der Waals surface area contributed by atoms with Crippen LogP contribution >= 0.6 is 0 Å². The molecule has 0 saturated heterocycles. The summed E-state index contributed by atoms with van der Waals surface area (Å²) in [6.45, 7) is 2.09. The normalized spacial score (nSPS) is 22.7. The monoisotopic (exact) mass is 318 g/mol. The van der Waals surface area contributed by atoms with E-state index in [1.807, 2.05) is 24.3 Å². The van der Waals surface area contributed by atoms with Gasteiger partial charge in [-0.1, -0.05) is 38.0 Å². The third kappa shape index (κ3) is 4.71. The fraction of sp³-hybridized carbons (Fsp3) is 0.632. The first-order valence-electron chi connectivity index (χ1n) is 8.61. The molecule has 4 heteroatoms. The summed E-state index contributed by atoms with van der Waals surface area (Å²) >= 11 is 0. The Morgan fingerprint density at radius 3 is 2.70 bits per heavy atom.